The molecule has 3 rings (SSSR count). The smallest absolute Gasteiger partial charge is 0.260 e. The molecule has 27 heavy (non-hydrogen) atoms. The zero-order valence-electron chi connectivity index (χ0n) is 15.2. The SMILES string of the molecule is C=C(C)/C(=C\C)c1cn2ncc(C(=O)Nc3cc(C(N)=O)cnc3C)c2s1. The number of hydrogen-bond acceptors (Lipinski definition) is 5. The molecule has 0 saturated carbocycles. The molecule has 0 unspecified atom stereocenters. The molecule has 0 radical (unpaired) electrons. The Bertz CT molecular complexity index is 1110. The molecule has 3 heterocycles. The second kappa shape index (κ2) is 7.16. The van der Waals surface area contributed by atoms with E-state index in [2.05, 4.69) is 22.0 Å². The van der Waals surface area contributed by atoms with Crippen LogP contribution in [0.25, 0.3) is 10.4 Å². The number of amides is 2. The molecule has 8 heteroatoms. The van der Waals surface area contributed by atoms with Gasteiger partial charge in [0.15, 0.2) is 0 Å². The van der Waals surface area contributed by atoms with Crippen LogP contribution in [-0.4, -0.2) is 26.4 Å². The lowest BCUT2D eigenvalue weighted by molar-refractivity contribution is 0.0996. The molecular weight excluding hydrogens is 362 g/mol. The average Bonchev–Trinajstić information content (AvgIpc) is 3.17. The molecular formula is C19H19N5O2S. The van der Waals surface area contributed by atoms with Crippen LogP contribution < -0.4 is 11.1 Å². The van der Waals surface area contributed by atoms with E-state index in [9.17, 15) is 9.59 Å². The first kappa shape index (κ1) is 18.5. The summed E-state index contributed by atoms with van der Waals surface area (Å²) < 4.78 is 1.67. The summed E-state index contributed by atoms with van der Waals surface area (Å²) in [7, 11) is 0. The fraction of sp³-hybridized carbons (Fsp3) is 0.158. The summed E-state index contributed by atoms with van der Waals surface area (Å²) in [5.41, 5.74) is 8.93. The lowest BCUT2D eigenvalue weighted by Crippen LogP contribution is -2.16. The number of nitrogens with one attached hydrogen (secondary N) is 1. The van der Waals surface area contributed by atoms with Crippen LogP contribution in [-0.2, 0) is 0 Å². The van der Waals surface area contributed by atoms with Gasteiger partial charge in [0.05, 0.1) is 33.6 Å². The van der Waals surface area contributed by atoms with E-state index in [4.69, 9.17) is 5.73 Å². The van der Waals surface area contributed by atoms with Gasteiger partial charge in [0.1, 0.15) is 4.83 Å². The molecule has 3 N–H and O–H groups in total. The average molecular weight is 381 g/mol. The Morgan fingerprint density at radius 3 is 2.74 bits per heavy atom. The van der Waals surface area contributed by atoms with E-state index in [0.717, 1.165) is 20.9 Å². The molecule has 0 atom stereocenters. The minimum Gasteiger partial charge on any atom is -0.366 e. The number of primary amides is 1. The minimum atomic E-state index is -0.604. The number of anilines is 1. The van der Waals surface area contributed by atoms with Crippen LogP contribution in [0.3, 0.4) is 0 Å². The van der Waals surface area contributed by atoms with Gasteiger partial charge in [-0.3, -0.25) is 14.6 Å². The Morgan fingerprint density at radius 1 is 1.37 bits per heavy atom. The number of thiazole rings is 1. The predicted octanol–water partition coefficient (Wildman–Crippen LogP) is 3.43. The lowest BCUT2D eigenvalue weighted by Gasteiger charge is -2.08. The van der Waals surface area contributed by atoms with Gasteiger partial charge in [-0.1, -0.05) is 12.7 Å². The Morgan fingerprint density at radius 2 is 2.11 bits per heavy atom. The van der Waals surface area contributed by atoms with Crippen LogP contribution in [0.2, 0.25) is 0 Å². The van der Waals surface area contributed by atoms with Gasteiger partial charge in [-0.25, -0.2) is 4.52 Å². The number of pyridine rings is 1. The van der Waals surface area contributed by atoms with E-state index >= 15 is 0 Å². The normalized spacial score (nSPS) is 11.6. The maximum Gasteiger partial charge on any atom is 0.260 e. The number of carbonyl (C=O) groups is 2. The van der Waals surface area contributed by atoms with Crippen LogP contribution in [0.4, 0.5) is 5.69 Å². The van der Waals surface area contributed by atoms with Crippen molar-refractivity contribution >= 4 is 39.2 Å². The standard InChI is InChI=1S/C19H19N5O2S/c1-5-13(10(2)3)16-9-24-19(27-16)14(8-22-24)18(26)23-15-6-12(17(20)25)7-21-11(15)4/h5-9H,2H2,1,3-4H3,(H2,20,25)(H,23,26)/b13-5+. The molecule has 0 aliphatic rings. The van der Waals surface area contributed by atoms with E-state index in [1.807, 2.05) is 26.1 Å². The van der Waals surface area contributed by atoms with Gasteiger partial charge in [0.25, 0.3) is 5.91 Å². The van der Waals surface area contributed by atoms with E-state index in [0.29, 0.717) is 16.9 Å². The topological polar surface area (TPSA) is 102 Å². The fourth-order valence-corrected chi connectivity index (χ4v) is 3.86. The van der Waals surface area contributed by atoms with E-state index in [1.54, 1.807) is 11.4 Å². The number of rotatable bonds is 5. The van der Waals surface area contributed by atoms with Crippen molar-refractivity contribution in [2.75, 3.05) is 5.32 Å². The van der Waals surface area contributed by atoms with Gasteiger partial charge in [0, 0.05) is 12.4 Å². The second-order valence-corrected chi connectivity index (χ2v) is 7.09. The zero-order valence-corrected chi connectivity index (χ0v) is 16.1. The monoisotopic (exact) mass is 381 g/mol. The van der Waals surface area contributed by atoms with Crippen LogP contribution in [0.1, 0.15) is 45.1 Å². The van der Waals surface area contributed by atoms with Gasteiger partial charge in [-0.15, -0.1) is 11.3 Å². The van der Waals surface area contributed by atoms with Gasteiger partial charge in [-0.05, 0) is 38.0 Å². The number of allylic oxidation sites excluding steroid dienone is 3. The first-order valence-corrected chi connectivity index (χ1v) is 9.01. The molecule has 0 aliphatic carbocycles. The fourth-order valence-electron chi connectivity index (χ4n) is 2.65. The highest BCUT2D eigenvalue weighted by Crippen LogP contribution is 2.31. The molecule has 3 aromatic rings. The van der Waals surface area contributed by atoms with Crippen LogP contribution in [0.5, 0.6) is 0 Å². The maximum absolute atomic E-state index is 12.8. The van der Waals surface area contributed by atoms with Crippen molar-refractivity contribution in [3.8, 4) is 0 Å². The number of carbonyl (C=O) groups excluding carboxylic acids is 2. The Hall–Kier alpha value is -3.26. The number of nitrogens with two attached hydrogens (primary N) is 1. The summed E-state index contributed by atoms with van der Waals surface area (Å²) in [6.45, 7) is 9.61. The van der Waals surface area contributed by atoms with Gasteiger partial charge < -0.3 is 11.1 Å². The molecule has 2 amide bonds. The molecule has 0 aromatic carbocycles. The van der Waals surface area contributed by atoms with Crippen molar-refractivity contribution in [2.24, 2.45) is 5.73 Å². The summed E-state index contributed by atoms with van der Waals surface area (Å²) in [4.78, 5) is 29.9. The number of hydrogen-bond donors (Lipinski definition) is 2. The van der Waals surface area contributed by atoms with E-state index in [-0.39, 0.29) is 11.5 Å². The van der Waals surface area contributed by atoms with Crippen molar-refractivity contribution in [3.63, 3.8) is 0 Å². The third-order valence-corrected chi connectivity index (χ3v) is 5.22. The first-order valence-electron chi connectivity index (χ1n) is 8.19. The quantitative estimate of drug-likeness (QED) is 0.661. The molecule has 0 saturated heterocycles. The number of fused-ring (bicyclic) bond motifs is 1. The van der Waals surface area contributed by atoms with Crippen molar-refractivity contribution in [2.45, 2.75) is 20.8 Å². The molecule has 0 aliphatic heterocycles. The number of aromatic nitrogens is 3. The molecule has 7 nitrogen and oxygen atoms in total. The molecule has 138 valence electrons. The van der Waals surface area contributed by atoms with Gasteiger partial charge in [0.2, 0.25) is 5.91 Å². The Labute approximate surface area is 160 Å². The van der Waals surface area contributed by atoms with Crippen LogP contribution in [0, 0.1) is 6.92 Å². The van der Waals surface area contributed by atoms with Crippen molar-refractivity contribution in [3.05, 3.63) is 64.6 Å². The summed E-state index contributed by atoms with van der Waals surface area (Å²) >= 11 is 1.46. The van der Waals surface area contributed by atoms with Crippen LogP contribution >= 0.6 is 11.3 Å². The summed E-state index contributed by atoms with van der Waals surface area (Å²) in [6.07, 6.45) is 6.76. The second-order valence-electron chi connectivity index (χ2n) is 6.06. The Balaban J connectivity index is 1.95. The van der Waals surface area contributed by atoms with E-state index < -0.39 is 5.91 Å². The number of nitrogens with zero attached hydrogens (tertiary/aromatic N) is 3. The van der Waals surface area contributed by atoms with Crippen molar-refractivity contribution in [1.82, 2.24) is 14.6 Å². The maximum atomic E-state index is 12.8. The van der Waals surface area contributed by atoms with Gasteiger partial charge >= 0.3 is 0 Å². The number of aryl methyl sites for hydroxylation is 1. The minimum absolute atomic E-state index is 0.230. The molecule has 0 fully saturated rings. The predicted molar refractivity (Wildman–Crippen MR) is 107 cm³/mol. The molecule has 3 aromatic heterocycles. The van der Waals surface area contributed by atoms with E-state index in [1.165, 1.54) is 29.8 Å². The molecule has 0 spiro atoms. The first-order chi connectivity index (χ1) is 12.8. The highest BCUT2D eigenvalue weighted by Gasteiger charge is 2.18. The largest absolute Gasteiger partial charge is 0.366 e. The summed E-state index contributed by atoms with van der Waals surface area (Å²) in [6, 6.07) is 1.52. The third-order valence-electron chi connectivity index (χ3n) is 4.07. The Kier molecular flexibility index (Phi) is 4.91. The van der Waals surface area contributed by atoms with Gasteiger partial charge in [-0.2, -0.15) is 5.10 Å². The molecule has 0 bridgehead atoms. The summed E-state index contributed by atoms with van der Waals surface area (Å²) in [5, 5.41) is 7.05. The third kappa shape index (κ3) is 3.52. The van der Waals surface area contributed by atoms with Crippen molar-refractivity contribution in [1.29, 1.82) is 0 Å². The highest BCUT2D eigenvalue weighted by molar-refractivity contribution is 7.18. The van der Waals surface area contributed by atoms with Crippen molar-refractivity contribution < 1.29 is 9.59 Å². The highest BCUT2D eigenvalue weighted by atomic mass is 32.1. The summed E-state index contributed by atoms with van der Waals surface area (Å²) in [5.74, 6) is -0.935. The zero-order chi connectivity index (χ0) is 19.7. The lowest BCUT2D eigenvalue weighted by atomic mass is 10.1. The van der Waals surface area contributed by atoms with Crippen LogP contribution in [0.15, 0.2) is 42.9 Å².